The average molecular weight is 178 g/mol. The quantitative estimate of drug-likeness (QED) is 0.563. The molecule has 2 rings (SSSR count). The Balaban J connectivity index is 1.99. The fourth-order valence-electron chi connectivity index (χ4n) is 2.49. The highest BCUT2D eigenvalue weighted by molar-refractivity contribution is 5.95. The van der Waals surface area contributed by atoms with Crippen molar-refractivity contribution >= 4 is 5.78 Å². The van der Waals surface area contributed by atoms with Crippen molar-refractivity contribution < 1.29 is 4.79 Å². The van der Waals surface area contributed by atoms with Crippen LogP contribution in [0.2, 0.25) is 0 Å². The Bertz CT molecular complexity index is 221. The van der Waals surface area contributed by atoms with Gasteiger partial charge in [-0.2, -0.15) is 0 Å². The van der Waals surface area contributed by atoms with Gasteiger partial charge in [0.15, 0.2) is 5.78 Å². The third-order valence-corrected chi connectivity index (χ3v) is 3.29. The molecule has 2 fully saturated rings. The van der Waals surface area contributed by atoms with E-state index in [2.05, 4.69) is 6.08 Å². The zero-order valence-corrected chi connectivity index (χ0v) is 8.22. The Morgan fingerprint density at radius 1 is 1.00 bits per heavy atom. The first kappa shape index (κ1) is 8.98. The number of hydrogen-bond acceptors (Lipinski definition) is 1. The summed E-state index contributed by atoms with van der Waals surface area (Å²) < 4.78 is 0. The van der Waals surface area contributed by atoms with Crippen molar-refractivity contribution in [2.75, 3.05) is 0 Å². The van der Waals surface area contributed by atoms with E-state index in [4.69, 9.17) is 0 Å². The van der Waals surface area contributed by atoms with Crippen molar-refractivity contribution in [2.45, 2.75) is 51.4 Å². The van der Waals surface area contributed by atoms with E-state index in [9.17, 15) is 4.79 Å². The summed E-state index contributed by atoms with van der Waals surface area (Å²) in [5.74, 6) is 1.16. The van der Waals surface area contributed by atoms with Gasteiger partial charge in [-0.15, -0.1) is 0 Å². The first-order chi connectivity index (χ1) is 6.36. The first-order valence-corrected chi connectivity index (χ1v) is 5.60. The summed E-state index contributed by atoms with van der Waals surface area (Å²) in [5, 5.41) is 0. The Labute approximate surface area is 80.2 Å². The lowest BCUT2D eigenvalue weighted by atomic mass is 9.90. The minimum atomic E-state index is 0.429. The second-order valence-corrected chi connectivity index (χ2v) is 4.37. The lowest BCUT2D eigenvalue weighted by molar-refractivity contribution is -0.116. The molecule has 2 aliphatic rings. The van der Waals surface area contributed by atoms with Crippen LogP contribution in [0, 0.1) is 5.92 Å². The summed E-state index contributed by atoms with van der Waals surface area (Å²) in [7, 11) is 0. The number of allylic oxidation sites excluding steroid dienone is 2. The maximum absolute atomic E-state index is 11.5. The number of hydrogen-bond donors (Lipinski definition) is 0. The van der Waals surface area contributed by atoms with Gasteiger partial charge in [0, 0.05) is 6.42 Å². The summed E-state index contributed by atoms with van der Waals surface area (Å²) in [6.45, 7) is 0. The molecule has 0 aromatic carbocycles. The van der Waals surface area contributed by atoms with E-state index >= 15 is 0 Å². The summed E-state index contributed by atoms with van der Waals surface area (Å²) in [4.78, 5) is 11.5. The normalized spacial score (nSPS) is 28.6. The van der Waals surface area contributed by atoms with E-state index in [1.165, 1.54) is 32.1 Å². The van der Waals surface area contributed by atoms with Crippen molar-refractivity contribution in [3.63, 3.8) is 0 Å². The third kappa shape index (κ3) is 2.20. The van der Waals surface area contributed by atoms with Crippen molar-refractivity contribution in [1.29, 1.82) is 0 Å². The molecule has 2 saturated carbocycles. The predicted octanol–water partition coefficient (Wildman–Crippen LogP) is 3.25. The zero-order chi connectivity index (χ0) is 9.10. The van der Waals surface area contributed by atoms with Gasteiger partial charge in [0.2, 0.25) is 0 Å². The van der Waals surface area contributed by atoms with Crippen molar-refractivity contribution in [1.82, 2.24) is 0 Å². The summed E-state index contributed by atoms with van der Waals surface area (Å²) >= 11 is 0. The molecule has 0 radical (unpaired) electrons. The van der Waals surface area contributed by atoms with E-state index in [1.54, 1.807) is 0 Å². The minimum Gasteiger partial charge on any atom is -0.295 e. The Morgan fingerprint density at radius 3 is 2.38 bits per heavy atom. The zero-order valence-electron chi connectivity index (χ0n) is 8.22. The molecular weight excluding hydrogens is 160 g/mol. The summed E-state index contributed by atoms with van der Waals surface area (Å²) in [5.41, 5.74) is 1.15. The molecule has 0 saturated heterocycles. The van der Waals surface area contributed by atoms with Gasteiger partial charge in [-0.25, -0.2) is 0 Å². The van der Waals surface area contributed by atoms with Crippen LogP contribution in [0.25, 0.3) is 0 Å². The molecule has 1 heteroatoms. The monoisotopic (exact) mass is 178 g/mol. The van der Waals surface area contributed by atoms with Gasteiger partial charge >= 0.3 is 0 Å². The molecule has 0 aromatic rings. The van der Waals surface area contributed by atoms with Gasteiger partial charge in [-0.3, -0.25) is 4.79 Å². The van der Waals surface area contributed by atoms with Crippen LogP contribution >= 0.6 is 0 Å². The molecular formula is C12H18O. The van der Waals surface area contributed by atoms with Gasteiger partial charge < -0.3 is 0 Å². The van der Waals surface area contributed by atoms with Crippen molar-refractivity contribution in [3.05, 3.63) is 11.6 Å². The highest BCUT2D eigenvalue weighted by Crippen LogP contribution is 2.29. The lowest BCUT2D eigenvalue weighted by Gasteiger charge is -2.14. The molecule has 0 aliphatic heterocycles. The van der Waals surface area contributed by atoms with Crippen LogP contribution in [0.1, 0.15) is 51.4 Å². The van der Waals surface area contributed by atoms with Gasteiger partial charge in [0.1, 0.15) is 0 Å². The smallest absolute Gasteiger partial charge is 0.158 e. The van der Waals surface area contributed by atoms with E-state index in [0.29, 0.717) is 5.78 Å². The molecule has 72 valence electrons. The number of ketones is 1. The van der Waals surface area contributed by atoms with E-state index in [1.807, 2.05) is 0 Å². The van der Waals surface area contributed by atoms with Gasteiger partial charge in [0.05, 0.1) is 0 Å². The van der Waals surface area contributed by atoms with Crippen LogP contribution in [0.15, 0.2) is 11.6 Å². The second-order valence-electron chi connectivity index (χ2n) is 4.37. The van der Waals surface area contributed by atoms with E-state index in [0.717, 1.165) is 30.8 Å². The Kier molecular flexibility index (Phi) is 2.82. The second kappa shape index (κ2) is 4.08. The minimum absolute atomic E-state index is 0.429. The molecule has 0 unspecified atom stereocenters. The van der Waals surface area contributed by atoms with E-state index < -0.39 is 0 Å². The standard InChI is InChI=1S/C12H18O/c13-12-8-4-3-7-11(12)9-10-5-1-2-6-10/h9-10H,1-8H2. The van der Waals surface area contributed by atoms with Crippen molar-refractivity contribution in [3.8, 4) is 0 Å². The number of Topliss-reactive ketones (excluding diaryl/α,β-unsaturated/α-hetero) is 1. The maximum atomic E-state index is 11.5. The SMILES string of the molecule is O=C1CCCCC1=CC1CCCC1. The molecule has 0 bridgehead atoms. The molecule has 2 aliphatic carbocycles. The van der Waals surface area contributed by atoms with Crippen LogP contribution in [-0.2, 0) is 4.79 Å². The molecule has 0 heterocycles. The molecule has 0 atom stereocenters. The highest BCUT2D eigenvalue weighted by atomic mass is 16.1. The molecule has 0 spiro atoms. The van der Waals surface area contributed by atoms with Crippen molar-refractivity contribution in [2.24, 2.45) is 5.92 Å². The predicted molar refractivity (Wildman–Crippen MR) is 53.5 cm³/mol. The largest absolute Gasteiger partial charge is 0.295 e. The average Bonchev–Trinajstić information content (AvgIpc) is 2.61. The topological polar surface area (TPSA) is 17.1 Å². The Hall–Kier alpha value is -0.590. The lowest BCUT2D eigenvalue weighted by Crippen LogP contribution is -2.09. The highest BCUT2D eigenvalue weighted by Gasteiger charge is 2.18. The molecule has 0 amide bonds. The molecule has 1 nitrogen and oxygen atoms in total. The number of rotatable bonds is 1. The number of carbonyl (C=O) groups excluding carboxylic acids is 1. The van der Waals surface area contributed by atoms with Crippen LogP contribution in [-0.4, -0.2) is 5.78 Å². The van der Waals surface area contributed by atoms with Gasteiger partial charge in [0.25, 0.3) is 0 Å². The third-order valence-electron chi connectivity index (χ3n) is 3.29. The van der Waals surface area contributed by atoms with Crippen LogP contribution in [0.5, 0.6) is 0 Å². The van der Waals surface area contributed by atoms with E-state index in [-0.39, 0.29) is 0 Å². The number of carbonyl (C=O) groups is 1. The summed E-state index contributed by atoms with van der Waals surface area (Å²) in [6.07, 6.45) is 11.8. The van der Waals surface area contributed by atoms with Crippen LogP contribution < -0.4 is 0 Å². The van der Waals surface area contributed by atoms with Crippen LogP contribution in [0.3, 0.4) is 0 Å². The fourth-order valence-corrected chi connectivity index (χ4v) is 2.49. The van der Waals surface area contributed by atoms with Gasteiger partial charge in [-0.05, 0) is 43.6 Å². The first-order valence-electron chi connectivity index (χ1n) is 5.60. The van der Waals surface area contributed by atoms with Gasteiger partial charge in [-0.1, -0.05) is 18.9 Å². The molecule has 0 aromatic heterocycles. The Morgan fingerprint density at radius 2 is 1.69 bits per heavy atom. The molecule has 0 N–H and O–H groups in total. The molecule has 13 heavy (non-hydrogen) atoms. The maximum Gasteiger partial charge on any atom is 0.158 e. The van der Waals surface area contributed by atoms with Crippen LogP contribution in [0.4, 0.5) is 0 Å². The fraction of sp³-hybridized carbons (Fsp3) is 0.750. The summed E-state index contributed by atoms with van der Waals surface area (Å²) in [6, 6.07) is 0.